The number of nitrogens with one attached hydrogen (secondary N) is 8. The van der Waals surface area contributed by atoms with Crippen molar-refractivity contribution in [3.05, 3.63) is 65.7 Å². The fourth-order valence-corrected chi connectivity index (χ4v) is 9.51. The van der Waals surface area contributed by atoms with E-state index in [2.05, 4.69) is 47.5 Å². The van der Waals surface area contributed by atoms with E-state index in [-0.39, 0.29) is 93.8 Å². The Kier molecular flexibility index (Phi) is 37.8. The predicted octanol–water partition coefficient (Wildman–Crippen LogP) is 1.68. The molecule has 2 aromatic rings. The first-order valence-corrected chi connectivity index (χ1v) is 31.5. The van der Waals surface area contributed by atoms with Crippen molar-refractivity contribution >= 4 is 76.9 Å². The number of amides is 8. The molecule has 0 aliphatic rings. The van der Waals surface area contributed by atoms with Crippen LogP contribution in [0.5, 0.6) is 5.75 Å². The monoisotopic (exact) mass is 1260 g/mol. The lowest BCUT2D eigenvalue weighted by atomic mass is 9.98. The standard InChI is InChI=1S/C59H97N13O11S.C2H4O2/c1-10-37(8)49(58(82)83)72-53(77)42(19-14-15-26-60)65-51(75)43(20-16-27-64-59(62)63)66-55(79)46(30-35(4)5)69-56(80)47(31-36(6)7)70-57(81)48(33-38-17-12-11-13-18-38)71-52(76)44(25-28-84-9)67-54(78)45(29-34(2)3)68-50(74)41(61)32-39-21-23-40(73)24-22-39;1-2(3)4/h11-13,17-18,21-24,34-37,41-49,73H,10,14-16,19-20,25-33,60-61H2,1-9H3,(H,65,75)(H,66,79)(H,67,78)(H,68,74)(H,69,80)(H,70,81)(H,71,76)(H,72,77)(H,82,83)(H4,62,63,64);1H3,(H,3,4). The minimum Gasteiger partial charge on any atom is -0.508 e. The summed E-state index contributed by atoms with van der Waals surface area (Å²) in [5, 5.41) is 49.1. The molecule has 0 aromatic heterocycles. The van der Waals surface area contributed by atoms with Crippen molar-refractivity contribution in [2.75, 3.05) is 25.1 Å². The number of carboxylic acids is 2. The van der Waals surface area contributed by atoms with Gasteiger partial charge in [0.2, 0.25) is 47.3 Å². The molecule has 2 aromatic carbocycles. The number of aromatic hydroxyl groups is 1. The summed E-state index contributed by atoms with van der Waals surface area (Å²) in [7, 11) is 0. The zero-order valence-electron chi connectivity index (χ0n) is 52.9. The van der Waals surface area contributed by atoms with E-state index in [1.807, 2.05) is 47.8 Å². The summed E-state index contributed by atoms with van der Waals surface area (Å²) in [6.45, 7) is 16.0. The zero-order valence-corrected chi connectivity index (χ0v) is 53.7. The van der Waals surface area contributed by atoms with Gasteiger partial charge >= 0.3 is 5.97 Å². The highest BCUT2D eigenvalue weighted by molar-refractivity contribution is 7.98. The highest BCUT2D eigenvalue weighted by Crippen LogP contribution is 2.16. The number of phenolic OH excluding ortho intramolecular Hbond substituents is 1. The molecule has 8 amide bonds. The van der Waals surface area contributed by atoms with Gasteiger partial charge < -0.3 is 80.8 Å². The molecule has 26 nitrogen and oxygen atoms in total. The Balaban J connectivity index is 0.00000937. The number of aliphatic carboxylic acids is 2. The lowest BCUT2D eigenvalue weighted by molar-refractivity contribution is -0.144. The topological polar surface area (TPSA) is 444 Å². The normalized spacial score (nSPS) is 14.5. The lowest BCUT2D eigenvalue weighted by Gasteiger charge is -2.29. The Morgan fingerprint density at radius 3 is 1.33 bits per heavy atom. The average molecular weight is 1260 g/mol. The van der Waals surface area contributed by atoms with Crippen molar-refractivity contribution in [3.8, 4) is 5.75 Å². The Hall–Kier alpha value is -7.52. The molecule has 2 rings (SSSR count). The summed E-state index contributed by atoms with van der Waals surface area (Å²) in [5.41, 5.74) is 24.5. The summed E-state index contributed by atoms with van der Waals surface area (Å²) in [4.78, 5) is 139. The summed E-state index contributed by atoms with van der Waals surface area (Å²) in [6, 6.07) is 4.28. The van der Waals surface area contributed by atoms with Gasteiger partial charge in [-0.2, -0.15) is 11.8 Å². The Morgan fingerprint density at radius 2 is 0.909 bits per heavy atom. The number of unbranched alkanes of at least 4 members (excludes halogenated alkanes) is 1. The molecule has 0 spiro atoms. The number of carboxylic acid groups (broad SMARTS) is 2. The van der Waals surface area contributed by atoms with Crippen LogP contribution in [0.2, 0.25) is 0 Å². The third-order valence-corrected chi connectivity index (χ3v) is 14.5. The van der Waals surface area contributed by atoms with Gasteiger partial charge in [-0.1, -0.05) is 104 Å². The van der Waals surface area contributed by atoms with E-state index in [0.717, 1.165) is 6.92 Å². The maximum Gasteiger partial charge on any atom is 0.326 e. The van der Waals surface area contributed by atoms with Gasteiger partial charge in [0, 0.05) is 19.9 Å². The maximum absolute atomic E-state index is 14.7. The Bertz CT molecular complexity index is 2530. The second-order valence-electron chi connectivity index (χ2n) is 23.2. The van der Waals surface area contributed by atoms with E-state index in [0.29, 0.717) is 42.7 Å². The number of nitrogens with two attached hydrogens (primary N) is 4. The highest BCUT2D eigenvalue weighted by atomic mass is 32.2. The minimum absolute atomic E-state index is 0.0202. The number of nitrogens with zero attached hydrogens (tertiary/aromatic N) is 1. The van der Waals surface area contributed by atoms with Crippen molar-refractivity contribution in [1.29, 1.82) is 0 Å². The molecule has 88 heavy (non-hydrogen) atoms. The van der Waals surface area contributed by atoms with Crippen molar-refractivity contribution in [1.82, 2.24) is 42.5 Å². The van der Waals surface area contributed by atoms with Gasteiger partial charge in [0.1, 0.15) is 54.1 Å². The maximum atomic E-state index is 14.7. The van der Waals surface area contributed by atoms with Gasteiger partial charge in [-0.05, 0) is 130 Å². The number of rotatable bonds is 40. The van der Waals surface area contributed by atoms with E-state index in [4.69, 9.17) is 32.8 Å². The Labute approximate surface area is 522 Å². The first-order valence-electron chi connectivity index (χ1n) is 30.1. The number of carbonyl (C=O) groups is 10. The lowest BCUT2D eigenvalue weighted by Crippen LogP contribution is -2.61. The predicted molar refractivity (Wildman–Crippen MR) is 340 cm³/mol. The molecule has 0 aliphatic carbocycles. The van der Waals surface area contributed by atoms with Crippen LogP contribution in [0.15, 0.2) is 59.6 Å². The fourth-order valence-electron chi connectivity index (χ4n) is 9.03. The highest BCUT2D eigenvalue weighted by Gasteiger charge is 2.36. The van der Waals surface area contributed by atoms with Crippen LogP contribution in [0.4, 0.5) is 0 Å². The smallest absolute Gasteiger partial charge is 0.326 e. The first-order chi connectivity index (χ1) is 41.4. The molecule has 494 valence electrons. The molecule has 19 N–H and O–H groups in total. The van der Waals surface area contributed by atoms with Crippen LogP contribution >= 0.6 is 11.8 Å². The van der Waals surface area contributed by atoms with Crippen molar-refractivity contribution in [3.63, 3.8) is 0 Å². The molecular formula is C61H101N13O13S. The van der Waals surface area contributed by atoms with Crippen LogP contribution in [-0.2, 0) is 60.8 Å². The number of phenols is 1. The molecule has 0 heterocycles. The molecular weight excluding hydrogens is 1150 g/mol. The van der Waals surface area contributed by atoms with Gasteiger partial charge in [0.15, 0.2) is 5.96 Å². The zero-order chi connectivity index (χ0) is 66.6. The molecule has 10 atom stereocenters. The first kappa shape index (κ1) is 78.5. The third kappa shape index (κ3) is 32.5. The molecule has 0 fully saturated rings. The van der Waals surface area contributed by atoms with Crippen molar-refractivity contribution in [2.24, 2.45) is 51.6 Å². The van der Waals surface area contributed by atoms with Gasteiger partial charge in [-0.25, -0.2) is 4.79 Å². The number of hydrogen-bond donors (Lipinski definition) is 15. The second-order valence-corrected chi connectivity index (χ2v) is 24.2. The molecule has 0 aliphatic heterocycles. The second kappa shape index (κ2) is 42.4. The summed E-state index contributed by atoms with van der Waals surface area (Å²) >= 11 is 1.43. The number of hydrogen-bond acceptors (Lipinski definition) is 15. The molecule has 0 saturated carbocycles. The van der Waals surface area contributed by atoms with Gasteiger partial charge in [0.05, 0.1) is 6.04 Å². The number of benzene rings is 2. The fraction of sp³-hybridized carbons (Fsp3) is 0.623. The number of thioether (sulfide) groups is 1. The summed E-state index contributed by atoms with van der Waals surface area (Å²) in [5.74, 6) is -8.28. The molecule has 27 heteroatoms. The molecule has 10 unspecified atom stereocenters. The largest absolute Gasteiger partial charge is 0.508 e. The van der Waals surface area contributed by atoms with E-state index in [1.54, 1.807) is 56.3 Å². The summed E-state index contributed by atoms with van der Waals surface area (Å²) < 4.78 is 0. The van der Waals surface area contributed by atoms with Crippen LogP contribution in [0.1, 0.15) is 138 Å². The van der Waals surface area contributed by atoms with Crippen molar-refractivity contribution in [2.45, 2.75) is 194 Å². The van der Waals surface area contributed by atoms with Gasteiger partial charge in [-0.15, -0.1) is 0 Å². The molecule has 0 saturated heterocycles. The quantitative estimate of drug-likeness (QED) is 0.0256. The average Bonchev–Trinajstić information content (AvgIpc) is 1.99. The number of guanidine groups is 1. The van der Waals surface area contributed by atoms with Crippen LogP contribution in [0.3, 0.4) is 0 Å². The van der Waals surface area contributed by atoms with Crippen LogP contribution in [0.25, 0.3) is 0 Å². The van der Waals surface area contributed by atoms with Gasteiger partial charge in [0.25, 0.3) is 5.97 Å². The number of carbonyl (C=O) groups excluding carboxylic acids is 8. The number of aliphatic imine (C=N–C) groups is 1. The summed E-state index contributed by atoms with van der Waals surface area (Å²) in [6.07, 6.45) is 4.12. The van der Waals surface area contributed by atoms with Crippen molar-refractivity contribution < 1.29 is 63.3 Å². The SMILES string of the molecule is CC(=O)O.CCC(C)C(NC(=O)C(CCCCN)NC(=O)C(CCCN=C(N)N)NC(=O)C(CC(C)C)NC(=O)C(CC(C)C)NC(=O)C(Cc1ccccc1)NC(=O)C(CCSC)NC(=O)C(CC(C)C)NC(=O)C(N)Cc1ccc(O)cc1)C(=O)O. The van der Waals surface area contributed by atoms with Crippen LogP contribution in [0, 0.1) is 23.7 Å². The van der Waals surface area contributed by atoms with Crippen LogP contribution < -0.4 is 65.5 Å². The van der Waals surface area contributed by atoms with E-state index in [9.17, 15) is 53.4 Å². The van der Waals surface area contributed by atoms with E-state index < -0.39 is 119 Å². The third-order valence-electron chi connectivity index (χ3n) is 13.8. The molecule has 0 radical (unpaired) electrons. The van der Waals surface area contributed by atoms with Gasteiger partial charge in [-0.3, -0.25) is 48.1 Å². The Morgan fingerprint density at radius 1 is 0.523 bits per heavy atom. The van der Waals surface area contributed by atoms with Crippen LogP contribution in [-0.4, -0.2) is 160 Å². The van der Waals surface area contributed by atoms with E-state index in [1.165, 1.54) is 23.9 Å². The minimum atomic E-state index is -1.30. The molecule has 0 bridgehead atoms. The van der Waals surface area contributed by atoms with E-state index >= 15 is 0 Å².